The second-order valence-corrected chi connectivity index (χ2v) is 6.07. The molecular weight excluding hydrogens is 334 g/mol. The number of nitrogens with two attached hydrogens (primary N) is 1. The summed E-state index contributed by atoms with van der Waals surface area (Å²) in [6.07, 6.45) is 1.06. The molecule has 136 valence electrons. The lowest BCUT2D eigenvalue weighted by Crippen LogP contribution is -2.26. The summed E-state index contributed by atoms with van der Waals surface area (Å²) in [6.45, 7) is 1.27. The number of carbonyl (C=O) groups is 2. The molecule has 2 N–H and O–H groups in total. The van der Waals surface area contributed by atoms with Crippen molar-refractivity contribution in [3.63, 3.8) is 0 Å². The summed E-state index contributed by atoms with van der Waals surface area (Å²) in [7, 11) is 0. The number of carbonyl (C=O) groups excluding carboxylic acids is 2. The maximum Gasteiger partial charge on any atom is 0.339 e. The topological polar surface area (TPSA) is 87.9 Å². The predicted octanol–water partition coefficient (Wildman–Crippen LogP) is 2.63. The zero-order valence-corrected chi connectivity index (χ0v) is 14.3. The van der Waals surface area contributed by atoms with Gasteiger partial charge in [-0.3, -0.25) is 4.79 Å². The number of hydrogen-bond donors (Lipinski definition) is 1. The van der Waals surface area contributed by atoms with Gasteiger partial charge in [0.1, 0.15) is 12.4 Å². The molecule has 1 aliphatic rings. The summed E-state index contributed by atoms with van der Waals surface area (Å²) in [5.41, 5.74) is 6.22. The van der Waals surface area contributed by atoms with Crippen LogP contribution < -0.4 is 10.5 Å². The summed E-state index contributed by atoms with van der Waals surface area (Å²) < 4.78 is 16.5. The minimum atomic E-state index is -1.13. The molecule has 6 heteroatoms. The first kappa shape index (κ1) is 17.9. The van der Waals surface area contributed by atoms with Gasteiger partial charge >= 0.3 is 5.97 Å². The Balaban J connectivity index is 1.60. The van der Waals surface area contributed by atoms with Crippen LogP contribution in [0.2, 0.25) is 0 Å². The molecule has 0 spiro atoms. The lowest BCUT2D eigenvalue weighted by Gasteiger charge is -2.15. The number of hydrogen-bond acceptors (Lipinski definition) is 5. The number of primary amides is 1. The van der Waals surface area contributed by atoms with Gasteiger partial charge in [0.25, 0.3) is 5.91 Å². The third-order valence-electron chi connectivity index (χ3n) is 4.14. The third-order valence-corrected chi connectivity index (χ3v) is 4.14. The van der Waals surface area contributed by atoms with Gasteiger partial charge in [0, 0.05) is 12.2 Å². The van der Waals surface area contributed by atoms with Crippen LogP contribution in [0.15, 0.2) is 54.6 Å². The highest BCUT2D eigenvalue weighted by molar-refractivity contribution is 5.92. The van der Waals surface area contributed by atoms with E-state index in [0.717, 1.165) is 19.4 Å². The van der Waals surface area contributed by atoms with Crippen molar-refractivity contribution in [2.45, 2.75) is 25.0 Å². The summed E-state index contributed by atoms with van der Waals surface area (Å²) in [5.74, 6) is -0.698. The third kappa shape index (κ3) is 4.61. The van der Waals surface area contributed by atoms with Crippen LogP contribution in [0.3, 0.4) is 0 Å². The predicted molar refractivity (Wildman–Crippen MR) is 94.7 cm³/mol. The summed E-state index contributed by atoms with van der Waals surface area (Å²) >= 11 is 0. The minimum Gasteiger partial charge on any atom is -0.491 e. The highest BCUT2D eigenvalue weighted by atomic mass is 16.5. The molecule has 0 radical (unpaired) electrons. The molecule has 26 heavy (non-hydrogen) atoms. The fraction of sp³-hybridized carbons (Fsp3) is 0.300. The highest BCUT2D eigenvalue weighted by Gasteiger charge is 2.23. The van der Waals surface area contributed by atoms with Gasteiger partial charge < -0.3 is 19.9 Å². The SMILES string of the molecule is NC(=O)[C@@H](OC(=O)c1ccc(OC[C@H]2CCCO2)cc1)c1ccccc1. The number of amides is 1. The van der Waals surface area contributed by atoms with Crippen molar-refractivity contribution in [1.29, 1.82) is 0 Å². The molecule has 3 rings (SSSR count). The average molecular weight is 355 g/mol. The van der Waals surface area contributed by atoms with Gasteiger partial charge in [-0.2, -0.15) is 0 Å². The van der Waals surface area contributed by atoms with Crippen LogP contribution in [0.1, 0.15) is 34.9 Å². The van der Waals surface area contributed by atoms with Crippen molar-refractivity contribution in [2.75, 3.05) is 13.2 Å². The molecule has 1 fully saturated rings. The zero-order valence-electron chi connectivity index (χ0n) is 14.3. The van der Waals surface area contributed by atoms with Crippen molar-refractivity contribution >= 4 is 11.9 Å². The molecule has 2 aromatic carbocycles. The summed E-state index contributed by atoms with van der Waals surface area (Å²) in [6, 6.07) is 15.2. The molecule has 0 unspecified atom stereocenters. The van der Waals surface area contributed by atoms with Gasteiger partial charge in [0.05, 0.1) is 11.7 Å². The first-order valence-corrected chi connectivity index (χ1v) is 8.53. The maximum absolute atomic E-state index is 12.3. The Bertz CT molecular complexity index is 739. The molecule has 0 bridgehead atoms. The molecule has 0 aliphatic carbocycles. The van der Waals surface area contributed by atoms with E-state index in [0.29, 0.717) is 23.5 Å². The van der Waals surface area contributed by atoms with Crippen LogP contribution in [-0.2, 0) is 14.3 Å². The van der Waals surface area contributed by atoms with E-state index in [1.54, 1.807) is 54.6 Å². The van der Waals surface area contributed by atoms with Gasteiger partial charge in [-0.05, 0) is 37.1 Å². The van der Waals surface area contributed by atoms with Gasteiger partial charge in [-0.15, -0.1) is 0 Å². The number of ether oxygens (including phenoxy) is 3. The lowest BCUT2D eigenvalue weighted by atomic mass is 10.1. The highest BCUT2D eigenvalue weighted by Crippen LogP contribution is 2.21. The Morgan fingerprint density at radius 3 is 2.46 bits per heavy atom. The molecule has 1 saturated heterocycles. The molecule has 1 amide bonds. The largest absolute Gasteiger partial charge is 0.491 e. The smallest absolute Gasteiger partial charge is 0.339 e. The van der Waals surface area contributed by atoms with Gasteiger partial charge in [-0.1, -0.05) is 30.3 Å². The fourth-order valence-electron chi connectivity index (χ4n) is 2.75. The Kier molecular flexibility index (Phi) is 5.86. The van der Waals surface area contributed by atoms with E-state index >= 15 is 0 Å². The second-order valence-electron chi connectivity index (χ2n) is 6.07. The van der Waals surface area contributed by atoms with Crippen LogP contribution in [-0.4, -0.2) is 31.2 Å². The molecule has 0 aromatic heterocycles. The summed E-state index contributed by atoms with van der Waals surface area (Å²) in [4.78, 5) is 24.0. The molecule has 2 atom stereocenters. The minimum absolute atomic E-state index is 0.127. The van der Waals surface area contributed by atoms with Crippen molar-refractivity contribution in [2.24, 2.45) is 5.73 Å². The van der Waals surface area contributed by atoms with Crippen molar-refractivity contribution in [3.05, 3.63) is 65.7 Å². The molecule has 0 saturated carbocycles. The standard InChI is InChI=1S/C20H21NO5/c21-19(22)18(14-5-2-1-3-6-14)26-20(23)15-8-10-16(11-9-15)25-13-17-7-4-12-24-17/h1-3,5-6,8-11,17-18H,4,7,12-13H2,(H2,21,22)/t17-,18+/m1/s1. The maximum atomic E-state index is 12.3. The number of esters is 1. The van der Waals surface area contributed by atoms with Crippen molar-refractivity contribution < 1.29 is 23.8 Å². The summed E-state index contributed by atoms with van der Waals surface area (Å²) in [5, 5.41) is 0. The molecule has 1 heterocycles. The van der Waals surface area contributed by atoms with Gasteiger partial charge in [0.15, 0.2) is 0 Å². The Morgan fingerprint density at radius 1 is 1.12 bits per heavy atom. The van der Waals surface area contributed by atoms with E-state index in [-0.39, 0.29) is 6.10 Å². The van der Waals surface area contributed by atoms with Crippen LogP contribution in [0.25, 0.3) is 0 Å². The number of benzene rings is 2. The van der Waals surface area contributed by atoms with Crippen molar-refractivity contribution in [1.82, 2.24) is 0 Å². The van der Waals surface area contributed by atoms with Crippen LogP contribution in [0.5, 0.6) is 5.75 Å². The van der Waals surface area contributed by atoms with E-state index in [2.05, 4.69) is 0 Å². The first-order valence-electron chi connectivity index (χ1n) is 8.53. The quantitative estimate of drug-likeness (QED) is 0.772. The monoisotopic (exact) mass is 355 g/mol. The van der Waals surface area contributed by atoms with Crippen LogP contribution in [0.4, 0.5) is 0 Å². The van der Waals surface area contributed by atoms with Gasteiger partial charge in [0.2, 0.25) is 6.10 Å². The second kappa shape index (κ2) is 8.49. The molecule has 6 nitrogen and oxygen atoms in total. The lowest BCUT2D eigenvalue weighted by molar-refractivity contribution is -0.127. The Hall–Kier alpha value is -2.86. The zero-order chi connectivity index (χ0) is 18.4. The average Bonchev–Trinajstić information content (AvgIpc) is 3.19. The van der Waals surface area contributed by atoms with Gasteiger partial charge in [-0.25, -0.2) is 4.79 Å². The van der Waals surface area contributed by atoms with E-state index in [1.807, 2.05) is 0 Å². The van der Waals surface area contributed by atoms with E-state index < -0.39 is 18.0 Å². The normalized spacial score (nSPS) is 17.5. The van der Waals surface area contributed by atoms with Crippen molar-refractivity contribution in [3.8, 4) is 5.75 Å². The molecular formula is C20H21NO5. The van der Waals surface area contributed by atoms with E-state index in [9.17, 15) is 9.59 Å². The Labute approximate surface area is 151 Å². The van der Waals surface area contributed by atoms with Crippen LogP contribution >= 0.6 is 0 Å². The molecule has 2 aromatic rings. The number of rotatable bonds is 7. The fourth-order valence-corrected chi connectivity index (χ4v) is 2.75. The first-order chi connectivity index (χ1) is 12.6. The Morgan fingerprint density at radius 2 is 1.85 bits per heavy atom. The van der Waals surface area contributed by atoms with Crippen LogP contribution in [0, 0.1) is 0 Å². The van der Waals surface area contributed by atoms with E-state index in [4.69, 9.17) is 19.9 Å². The van der Waals surface area contributed by atoms with E-state index in [1.165, 1.54) is 0 Å². The molecule has 1 aliphatic heterocycles.